The summed E-state index contributed by atoms with van der Waals surface area (Å²) in [5.74, 6) is -0.612. The summed E-state index contributed by atoms with van der Waals surface area (Å²) in [7, 11) is 0. The van der Waals surface area contributed by atoms with Gasteiger partial charge >= 0.3 is 0 Å². The van der Waals surface area contributed by atoms with Gasteiger partial charge in [0, 0.05) is 24.3 Å². The molecule has 3 amide bonds. The highest BCUT2D eigenvalue weighted by molar-refractivity contribution is 6.02. The van der Waals surface area contributed by atoms with Crippen molar-refractivity contribution < 1.29 is 19.1 Å². The Bertz CT molecular complexity index is 1390. The highest BCUT2D eigenvalue weighted by Gasteiger charge is 2.16. The van der Waals surface area contributed by atoms with E-state index in [1.54, 1.807) is 36.4 Å². The van der Waals surface area contributed by atoms with Gasteiger partial charge in [0.15, 0.2) is 6.61 Å². The zero-order chi connectivity index (χ0) is 25.3. The Labute approximate surface area is 209 Å². The molecule has 0 radical (unpaired) electrons. The van der Waals surface area contributed by atoms with E-state index in [0.29, 0.717) is 35.7 Å². The summed E-state index contributed by atoms with van der Waals surface area (Å²) in [6, 6.07) is 27.4. The van der Waals surface area contributed by atoms with Gasteiger partial charge in [-0.25, -0.2) is 0 Å². The van der Waals surface area contributed by atoms with Crippen LogP contribution in [0.2, 0.25) is 0 Å². The predicted octanol–water partition coefficient (Wildman–Crippen LogP) is 4.54. The SMILES string of the molecule is CCNC(=O)c1cccc(NC(=O)COc2cc3ccccc3cc2C(=O)NCc2ccccc2)c1. The molecule has 0 atom stereocenters. The van der Waals surface area contributed by atoms with E-state index in [-0.39, 0.29) is 18.4 Å². The number of fused-ring (bicyclic) bond motifs is 1. The van der Waals surface area contributed by atoms with Crippen LogP contribution in [0.4, 0.5) is 5.69 Å². The van der Waals surface area contributed by atoms with Crippen molar-refractivity contribution in [3.8, 4) is 5.75 Å². The second kappa shape index (κ2) is 11.7. The minimum absolute atomic E-state index is 0.216. The van der Waals surface area contributed by atoms with Crippen LogP contribution in [0, 0.1) is 0 Å². The molecule has 0 unspecified atom stereocenters. The molecule has 4 rings (SSSR count). The third kappa shape index (κ3) is 6.27. The van der Waals surface area contributed by atoms with Crippen LogP contribution in [-0.4, -0.2) is 30.9 Å². The van der Waals surface area contributed by atoms with Gasteiger partial charge < -0.3 is 20.7 Å². The lowest BCUT2D eigenvalue weighted by atomic mass is 10.1. The molecule has 182 valence electrons. The molecule has 0 spiro atoms. The van der Waals surface area contributed by atoms with Crippen molar-refractivity contribution in [1.29, 1.82) is 0 Å². The lowest BCUT2D eigenvalue weighted by Crippen LogP contribution is -2.25. The van der Waals surface area contributed by atoms with Crippen LogP contribution in [0.1, 0.15) is 33.2 Å². The third-order valence-corrected chi connectivity index (χ3v) is 5.49. The maximum Gasteiger partial charge on any atom is 0.262 e. The average Bonchev–Trinajstić information content (AvgIpc) is 2.91. The minimum Gasteiger partial charge on any atom is -0.483 e. The molecular formula is C29H27N3O4. The van der Waals surface area contributed by atoms with Gasteiger partial charge in [-0.15, -0.1) is 0 Å². The molecule has 0 aliphatic heterocycles. The molecule has 3 N–H and O–H groups in total. The smallest absolute Gasteiger partial charge is 0.262 e. The Hall–Kier alpha value is -4.65. The summed E-state index contributed by atoms with van der Waals surface area (Å²) in [6.45, 7) is 2.41. The number of anilines is 1. The van der Waals surface area contributed by atoms with Gasteiger partial charge in [-0.1, -0.05) is 60.7 Å². The van der Waals surface area contributed by atoms with Crippen molar-refractivity contribution in [2.45, 2.75) is 13.5 Å². The highest BCUT2D eigenvalue weighted by atomic mass is 16.5. The normalized spacial score (nSPS) is 10.5. The second-order valence-electron chi connectivity index (χ2n) is 8.14. The highest BCUT2D eigenvalue weighted by Crippen LogP contribution is 2.26. The summed E-state index contributed by atoms with van der Waals surface area (Å²) >= 11 is 0. The number of rotatable bonds is 9. The molecule has 0 saturated heterocycles. The number of hydrogen-bond acceptors (Lipinski definition) is 4. The molecule has 36 heavy (non-hydrogen) atoms. The fourth-order valence-electron chi connectivity index (χ4n) is 3.73. The molecule has 0 aromatic heterocycles. The van der Waals surface area contributed by atoms with Crippen LogP contribution in [0.5, 0.6) is 5.75 Å². The largest absolute Gasteiger partial charge is 0.483 e. The van der Waals surface area contributed by atoms with Crippen molar-refractivity contribution >= 4 is 34.2 Å². The topological polar surface area (TPSA) is 96.5 Å². The molecule has 7 nitrogen and oxygen atoms in total. The van der Waals surface area contributed by atoms with E-state index < -0.39 is 5.91 Å². The Kier molecular flexibility index (Phi) is 7.93. The Morgan fingerprint density at radius 3 is 2.22 bits per heavy atom. The van der Waals surface area contributed by atoms with Crippen LogP contribution in [-0.2, 0) is 11.3 Å². The summed E-state index contributed by atoms with van der Waals surface area (Å²) in [5.41, 5.74) is 2.24. The molecule has 0 heterocycles. The Morgan fingerprint density at radius 1 is 0.750 bits per heavy atom. The minimum atomic E-state index is -0.410. The van der Waals surface area contributed by atoms with Crippen molar-refractivity contribution in [3.63, 3.8) is 0 Å². The maximum atomic E-state index is 13.0. The van der Waals surface area contributed by atoms with Gasteiger partial charge in [0.25, 0.3) is 17.7 Å². The van der Waals surface area contributed by atoms with Gasteiger partial charge in [-0.05, 0) is 53.6 Å². The fourth-order valence-corrected chi connectivity index (χ4v) is 3.73. The monoisotopic (exact) mass is 481 g/mol. The number of benzene rings is 4. The number of carbonyl (C=O) groups is 3. The van der Waals surface area contributed by atoms with E-state index >= 15 is 0 Å². The van der Waals surface area contributed by atoms with Crippen molar-refractivity contribution in [1.82, 2.24) is 10.6 Å². The van der Waals surface area contributed by atoms with Crippen LogP contribution in [0.25, 0.3) is 10.8 Å². The molecule has 0 saturated carbocycles. The Morgan fingerprint density at radius 2 is 1.47 bits per heavy atom. The molecule has 0 bridgehead atoms. The predicted molar refractivity (Wildman–Crippen MR) is 140 cm³/mol. The second-order valence-corrected chi connectivity index (χ2v) is 8.14. The van der Waals surface area contributed by atoms with Crippen molar-refractivity contribution in [3.05, 3.63) is 108 Å². The Balaban J connectivity index is 1.47. The summed E-state index contributed by atoms with van der Waals surface area (Å²) in [6.07, 6.45) is 0. The molecular weight excluding hydrogens is 454 g/mol. The van der Waals surface area contributed by atoms with Crippen LogP contribution in [0.3, 0.4) is 0 Å². The molecule has 0 aliphatic carbocycles. The van der Waals surface area contributed by atoms with E-state index in [1.165, 1.54) is 0 Å². The fraction of sp³-hybridized carbons (Fsp3) is 0.138. The van der Waals surface area contributed by atoms with Crippen molar-refractivity contribution in [2.24, 2.45) is 0 Å². The summed E-state index contributed by atoms with van der Waals surface area (Å²) < 4.78 is 5.82. The zero-order valence-electron chi connectivity index (χ0n) is 19.9. The van der Waals surface area contributed by atoms with Gasteiger partial charge in [-0.3, -0.25) is 14.4 Å². The first-order valence-electron chi connectivity index (χ1n) is 11.7. The number of hydrogen-bond donors (Lipinski definition) is 3. The third-order valence-electron chi connectivity index (χ3n) is 5.49. The summed E-state index contributed by atoms with van der Waals surface area (Å²) in [5, 5.41) is 10.2. The first kappa shape index (κ1) is 24.5. The van der Waals surface area contributed by atoms with Gasteiger partial charge in [0.2, 0.25) is 0 Å². The summed E-state index contributed by atoms with van der Waals surface area (Å²) in [4.78, 5) is 37.7. The van der Waals surface area contributed by atoms with E-state index in [9.17, 15) is 14.4 Å². The van der Waals surface area contributed by atoms with E-state index in [0.717, 1.165) is 16.3 Å². The first-order chi connectivity index (χ1) is 17.5. The molecule has 0 fully saturated rings. The van der Waals surface area contributed by atoms with E-state index in [2.05, 4.69) is 16.0 Å². The standard InChI is InChI=1S/C29H27N3O4/c1-2-30-28(34)23-13-8-14-24(15-23)32-27(33)19-36-26-17-22-12-7-6-11-21(22)16-25(26)29(35)31-18-20-9-4-3-5-10-20/h3-17H,2,18-19H2,1H3,(H,30,34)(H,31,35)(H,32,33). The first-order valence-corrected chi connectivity index (χ1v) is 11.7. The van der Waals surface area contributed by atoms with E-state index in [1.807, 2.05) is 61.5 Å². The lowest BCUT2D eigenvalue weighted by molar-refractivity contribution is -0.118. The number of nitrogens with one attached hydrogen (secondary N) is 3. The quantitative estimate of drug-likeness (QED) is 0.327. The number of carbonyl (C=O) groups excluding carboxylic acids is 3. The number of ether oxygens (including phenoxy) is 1. The zero-order valence-corrected chi connectivity index (χ0v) is 19.9. The van der Waals surface area contributed by atoms with Crippen LogP contribution >= 0.6 is 0 Å². The van der Waals surface area contributed by atoms with Gasteiger partial charge in [0.1, 0.15) is 5.75 Å². The average molecular weight is 482 g/mol. The van der Waals surface area contributed by atoms with Crippen LogP contribution in [0.15, 0.2) is 91.0 Å². The van der Waals surface area contributed by atoms with Crippen molar-refractivity contribution in [2.75, 3.05) is 18.5 Å². The molecule has 0 aliphatic rings. The number of amides is 3. The molecule has 7 heteroatoms. The lowest BCUT2D eigenvalue weighted by Gasteiger charge is -2.14. The molecule has 4 aromatic rings. The van der Waals surface area contributed by atoms with Crippen LogP contribution < -0.4 is 20.7 Å². The van der Waals surface area contributed by atoms with Gasteiger partial charge in [-0.2, -0.15) is 0 Å². The van der Waals surface area contributed by atoms with Gasteiger partial charge in [0.05, 0.1) is 5.56 Å². The maximum absolute atomic E-state index is 13.0. The molecule has 4 aromatic carbocycles. The van der Waals surface area contributed by atoms with E-state index in [4.69, 9.17) is 4.74 Å².